The molecule has 1 heterocycles. The average molecular weight is 174 g/mol. The minimum atomic E-state index is 0. The minimum Gasteiger partial charge on any atom is -0.411 e. The van der Waals surface area contributed by atoms with Gasteiger partial charge in [0.05, 0.1) is 0 Å². The van der Waals surface area contributed by atoms with Gasteiger partial charge in [0.2, 0.25) is 5.69 Å². The van der Waals surface area contributed by atoms with Crippen LogP contribution in [0, 0.1) is 0 Å². The van der Waals surface area contributed by atoms with Crippen LogP contribution in [-0.2, 0) is 7.05 Å². The Morgan fingerprint density at radius 1 is 1.55 bits per heavy atom. The third kappa shape index (κ3) is 2.55. The fraction of sp³-hybridized carbons (Fsp3) is 0.143. The maximum absolute atomic E-state index is 8.20. The van der Waals surface area contributed by atoms with Crippen LogP contribution in [0.1, 0.15) is 5.69 Å². The van der Waals surface area contributed by atoms with Crippen LogP contribution in [-0.4, -0.2) is 11.4 Å². The van der Waals surface area contributed by atoms with Crippen molar-refractivity contribution < 1.29 is 9.77 Å². The van der Waals surface area contributed by atoms with Gasteiger partial charge in [-0.05, 0) is 6.07 Å². The first-order valence-corrected chi connectivity index (χ1v) is 2.96. The fourth-order valence-corrected chi connectivity index (χ4v) is 0.730. The monoisotopic (exact) mass is 173 g/mol. The van der Waals surface area contributed by atoms with Crippen molar-refractivity contribution in [3.8, 4) is 0 Å². The SMILES string of the molecule is C[n+]1ccccc1C=NO.Cl. The summed E-state index contributed by atoms with van der Waals surface area (Å²) in [5.41, 5.74) is 0.866. The molecular formula is C7H10ClN2O+. The van der Waals surface area contributed by atoms with Gasteiger partial charge in [-0.3, -0.25) is 0 Å². The second kappa shape index (κ2) is 4.68. The Balaban J connectivity index is 0.000001000. The third-order valence-corrected chi connectivity index (χ3v) is 1.29. The van der Waals surface area contributed by atoms with Crippen molar-refractivity contribution in [3.63, 3.8) is 0 Å². The fourth-order valence-electron chi connectivity index (χ4n) is 0.730. The highest BCUT2D eigenvalue weighted by Gasteiger charge is 1.98. The number of halogens is 1. The number of aromatic nitrogens is 1. The predicted molar refractivity (Wildman–Crippen MR) is 44.2 cm³/mol. The average Bonchev–Trinajstić information content (AvgIpc) is 1.94. The number of oxime groups is 1. The van der Waals surface area contributed by atoms with Crippen molar-refractivity contribution in [2.75, 3.05) is 0 Å². The second-order valence-electron chi connectivity index (χ2n) is 1.98. The Bertz CT molecular complexity index is 250. The molecule has 3 nitrogen and oxygen atoms in total. The number of nitrogens with zero attached hydrogens (tertiary/aromatic N) is 2. The van der Waals surface area contributed by atoms with Gasteiger partial charge in [-0.1, -0.05) is 5.16 Å². The van der Waals surface area contributed by atoms with E-state index in [0.717, 1.165) is 5.69 Å². The number of hydrogen-bond donors (Lipinski definition) is 1. The van der Waals surface area contributed by atoms with Gasteiger partial charge in [0.15, 0.2) is 6.20 Å². The molecule has 0 atom stereocenters. The zero-order chi connectivity index (χ0) is 7.40. The summed E-state index contributed by atoms with van der Waals surface area (Å²) in [6.07, 6.45) is 3.27. The van der Waals surface area contributed by atoms with Gasteiger partial charge in [-0.2, -0.15) is 0 Å². The molecule has 4 heteroatoms. The highest BCUT2D eigenvalue weighted by atomic mass is 35.5. The number of hydrogen-bond acceptors (Lipinski definition) is 2. The van der Waals surface area contributed by atoms with Gasteiger partial charge in [-0.15, -0.1) is 12.4 Å². The molecular weight excluding hydrogens is 164 g/mol. The Hall–Kier alpha value is -1.09. The van der Waals surface area contributed by atoms with Crippen LogP contribution in [0.2, 0.25) is 0 Å². The van der Waals surface area contributed by atoms with E-state index in [1.54, 1.807) is 0 Å². The Morgan fingerprint density at radius 3 is 2.82 bits per heavy atom. The molecule has 0 fully saturated rings. The van der Waals surface area contributed by atoms with Crippen molar-refractivity contribution >= 4 is 18.6 Å². The van der Waals surface area contributed by atoms with E-state index in [-0.39, 0.29) is 12.4 Å². The lowest BCUT2D eigenvalue weighted by Gasteiger charge is -1.88. The van der Waals surface area contributed by atoms with Gasteiger partial charge in [-0.25, -0.2) is 4.57 Å². The molecule has 11 heavy (non-hydrogen) atoms. The highest BCUT2D eigenvalue weighted by molar-refractivity contribution is 5.85. The Labute approximate surface area is 71.4 Å². The summed E-state index contributed by atoms with van der Waals surface area (Å²) in [6.45, 7) is 0. The molecule has 0 saturated carbocycles. The van der Waals surface area contributed by atoms with E-state index in [9.17, 15) is 0 Å². The first-order valence-electron chi connectivity index (χ1n) is 2.96. The largest absolute Gasteiger partial charge is 0.411 e. The summed E-state index contributed by atoms with van der Waals surface area (Å²) in [7, 11) is 1.89. The minimum absolute atomic E-state index is 0. The molecule has 60 valence electrons. The molecule has 0 spiro atoms. The lowest BCUT2D eigenvalue weighted by atomic mass is 10.4. The molecule has 1 aromatic rings. The molecule has 0 aliphatic rings. The first-order chi connectivity index (χ1) is 4.84. The lowest BCUT2D eigenvalue weighted by molar-refractivity contribution is -0.672. The molecule has 0 saturated heterocycles. The summed E-state index contributed by atoms with van der Waals surface area (Å²) >= 11 is 0. The molecule has 0 amide bonds. The van der Waals surface area contributed by atoms with E-state index >= 15 is 0 Å². The van der Waals surface area contributed by atoms with Crippen LogP contribution in [0.4, 0.5) is 0 Å². The molecule has 0 bridgehead atoms. The standard InChI is InChI=1S/C7H8N2O.ClH/c1-9-5-3-2-4-7(9)6-8-10;/h2-6H,1H3;1H/p+1. The van der Waals surface area contributed by atoms with E-state index in [4.69, 9.17) is 5.21 Å². The van der Waals surface area contributed by atoms with E-state index < -0.39 is 0 Å². The van der Waals surface area contributed by atoms with Crippen LogP contribution in [0.5, 0.6) is 0 Å². The predicted octanol–water partition coefficient (Wildman–Crippen LogP) is 0.741. The summed E-state index contributed by atoms with van der Waals surface area (Å²) in [6, 6.07) is 5.66. The van der Waals surface area contributed by atoms with E-state index in [2.05, 4.69) is 5.16 Å². The Kier molecular flexibility index (Phi) is 4.22. The van der Waals surface area contributed by atoms with Crippen LogP contribution >= 0.6 is 12.4 Å². The van der Waals surface area contributed by atoms with Crippen LogP contribution in [0.15, 0.2) is 29.6 Å². The summed E-state index contributed by atoms with van der Waals surface area (Å²) in [5.74, 6) is 0. The van der Waals surface area contributed by atoms with E-state index in [1.807, 2.05) is 36.0 Å². The normalized spacial score (nSPS) is 9.55. The molecule has 0 aliphatic carbocycles. The quantitative estimate of drug-likeness (QED) is 0.289. The number of aryl methyl sites for hydroxylation is 1. The van der Waals surface area contributed by atoms with Crippen molar-refractivity contribution in [2.24, 2.45) is 12.2 Å². The zero-order valence-electron chi connectivity index (χ0n) is 6.14. The maximum atomic E-state index is 8.20. The molecule has 0 unspecified atom stereocenters. The van der Waals surface area contributed by atoms with Crippen molar-refractivity contribution in [1.29, 1.82) is 0 Å². The number of pyridine rings is 1. The van der Waals surface area contributed by atoms with Gasteiger partial charge >= 0.3 is 0 Å². The van der Waals surface area contributed by atoms with Crippen molar-refractivity contribution in [1.82, 2.24) is 0 Å². The smallest absolute Gasteiger partial charge is 0.226 e. The van der Waals surface area contributed by atoms with Crippen LogP contribution in [0.3, 0.4) is 0 Å². The molecule has 1 rings (SSSR count). The van der Waals surface area contributed by atoms with E-state index in [0.29, 0.717) is 0 Å². The van der Waals surface area contributed by atoms with Gasteiger partial charge < -0.3 is 5.21 Å². The van der Waals surface area contributed by atoms with Crippen LogP contribution in [0.25, 0.3) is 0 Å². The highest BCUT2D eigenvalue weighted by Crippen LogP contribution is 1.84. The van der Waals surface area contributed by atoms with E-state index in [1.165, 1.54) is 6.21 Å². The molecule has 0 aliphatic heterocycles. The van der Waals surface area contributed by atoms with Gasteiger partial charge in [0, 0.05) is 12.1 Å². The summed E-state index contributed by atoms with van der Waals surface area (Å²) < 4.78 is 1.86. The van der Waals surface area contributed by atoms with Crippen molar-refractivity contribution in [3.05, 3.63) is 30.1 Å². The molecule has 0 aromatic carbocycles. The lowest BCUT2D eigenvalue weighted by Crippen LogP contribution is -2.32. The topological polar surface area (TPSA) is 36.5 Å². The number of rotatable bonds is 1. The summed E-state index contributed by atoms with van der Waals surface area (Å²) in [4.78, 5) is 0. The van der Waals surface area contributed by atoms with Gasteiger partial charge in [0.1, 0.15) is 13.3 Å². The second-order valence-corrected chi connectivity index (χ2v) is 1.98. The third-order valence-electron chi connectivity index (χ3n) is 1.29. The maximum Gasteiger partial charge on any atom is 0.226 e. The van der Waals surface area contributed by atoms with Crippen molar-refractivity contribution in [2.45, 2.75) is 0 Å². The molecule has 1 N–H and O–H groups in total. The van der Waals surface area contributed by atoms with Gasteiger partial charge in [0.25, 0.3) is 0 Å². The van der Waals surface area contributed by atoms with Crippen LogP contribution < -0.4 is 4.57 Å². The zero-order valence-corrected chi connectivity index (χ0v) is 6.95. The molecule has 1 aromatic heterocycles. The first kappa shape index (κ1) is 9.91. The Morgan fingerprint density at radius 2 is 2.27 bits per heavy atom. The summed E-state index contributed by atoms with van der Waals surface area (Å²) in [5, 5.41) is 11.1. The molecule has 0 radical (unpaired) electrons.